The molecular formula is C13H20O5. The Labute approximate surface area is 107 Å². The normalized spacial score (nSPS) is 10.9. The number of ketones is 3. The Morgan fingerprint density at radius 3 is 1.50 bits per heavy atom. The van der Waals surface area contributed by atoms with Crippen LogP contribution in [0.15, 0.2) is 0 Å². The molecule has 0 aromatic carbocycles. The summed E-state index contributed by atoms with van der Waals surface area (Å²) in [6, 6.07) is 0. The van der Waals surface area contributed by atoms with Crippen molar-refractivity contribution in [3.63, 3.8) is 0 Å². The average Bonchev–Trinajstić information content (AvgIpc) is 2.27. The third-order valence-corrected chi connectivity index (χ3v) is 3.06. The lowest BCUT2D eigenvalue weighted by atomic mass is 9.75. The summed E-state index contributed by atoms with van der Waals surface area (Å²) in [5, 5.41) is 0. The Kier molecular flexibility index (Phi) is 6.44. The van der Waals surface area contributed by atoms with Crippen LogP contribution in [-0.4, -0.2) is 30.4 Å². The van der Waals surface area contributed by atoms with Crippen LogP contribution in [0.1, 0.15) is 46.5 Å². The molecule has 0 atom stereocenters. The van der Waals surface area contributed by atoms with Crippen LogP contribution in [0, 0.1) is 5.41 Å². The summed E-state index contributed by atoms with van der Waals surface area (Å²) in [7, 11) is 1.20. The molecule has 0 aromatic heterocycles. The van der Waals surface area contributed by atoms with Crippen LogP contribution in [-0.2, 0) is 23.9 Å². The van der Waals surface area contributed by atoms with Crippen molar-refractivity contribution in [3.05, 3.63) is 0 Å². The lowest BCUT2D eigenvalue weighted by Crippen LogP contribution is -2.40. The molecule has 0 fully saturated rings. The fourth-order valence-electron chi connectivity index (χ4n) is 1.80. The molecule has 0 aliphatic rings. The van der Waals surface area contributed by atoms with Gasteiger partial charge < -0.3 is 14.3 Å². The number of carbonyl (C=O) groups excluding carboxylic acids is 4. The molecule has 0 N–H and O–H groups in total. The fourth-order valence-corrected chi connectivity index (χ4v) is 1.80. The van der Waals surface area contributed by atoms with Crippen molar-refractivity contribution in [2.24, 2.45) is 5.41 Å². The number of rotatable bonds is 8. The predicted octanol–water partition coefficient (Wildman–Crippen LogP) is 1.47. The SMILES string of the molecule is COC(=O)C(CCC(C)=O)(CCC(C)=O)C(C)=O. The van der Waals surface area contributed by atoms with E-state index in [1.54, 1.807) is 0 Å². The van der Waals surface area contributed by atoms with E-state index >= 15 is 0 Å². The molecule has 18 heavy (non-hydrogen) atoms. The topological polar surface area (TPSA) is 77.5 Å². The van der Waals surface area contributed by atoms with E-state index < -0.39 is 11.4 Å². The van der Waals surface area contributed by atoms with Gasteiger partial charge in [-0.1, -0.05) is 0 Å². The lowest BCUT2D eigenvalue weighted by Gasteiger charge is -2.27. The standard InChI is InChI=1S/C13H20O5/c1-9(14)5-7-13(11(3)16,12(17)18-4)8-6-10(2)15/h5-8H2,1-4H3. The molecule has 0 heterocycles. The fraction of sp³-hybridized carbons (Fsp3) is 0.692. The van der Waals surface area contributed by atoms with Crippen molar-refractivity contribution in [2.45, 2.75) is 46.5 Å². The van der Waals surface area contributed by atoms with Gasteiger partial charge in [-0.3, -0.25) is 9.59 Å². The first kappa shape index (κ1) is 16.5. The van der Waals surface area contributed by atoms with Crippen LogP contribution in [0.5, 0.6) is 0 Å². The highest BCUT2D eigenvalue weighted by molar-refractivity contribution is 6.03. The first-order valence-corrected chi connectivity index (χ1v) is 5.84. The lowest BCUT2D eigenvalue weighted by molar-refractivity contribution is -0.158. The van der Waals surface area contributed by atoms with E-state index in [4.69, 9.17) is 0 Å². The third kappa shape index (κ3) is 4.39. The van der Waals surface area contributed by atoms with Crippen molar-refractivity contribution in [3.8, 4) is 0 Å². The van der Waals surface area contributed by atoms with Gasteiger partial charge in [0, 0.05) is 12.8 Å². The van der Waals surface area contributed by atoms with Gasteiger partial charge in [0.1, 0.15) is 22.8 Å². The Hall–Kier alpha value is -1.52. The summed E-state index contributed by atoms with van der Waals surface area (Å²) in [5.41, 5.74) is -1.37. The molecule has 0 rings (SSSR count). The summed E-state index contributed by atoms with van der Waals surface area (Å²) in [6.07, 6.45) is 0.425. The zero-order valence-corrected chi connectivity index (χ0v) is 11.4. The largest absolute Gasteiger partial charge is 0.468 e. The molecule has 0 amide bonds. The van der Waals surface area contributed by atoms with Crippen LogP contribution in [0.2, 0.25) is 0 Å². The van der Waals surface area contributed by atoms with Gasteiger partial charge in [-0.05, 0) is 33.6 Å². The van der Waals surface area contributed by atoms with Gasteiger partial charge in [0.15, 0.2) is 0 Å². The van der Waals surface area contributed by atoms with E-state index in [9.17, 15) is 19.2 Å². The molecule has 102 valence electrons. The zero-order valence-electron chi connectivity index (χ0n) is 11.4. The molecule has 0 saturated heterocycles. The van der Waals surface area contributed by atoms with Gasteiger partial charge in [-0.2, -0.15) is 0 Å². The smallest absolute Gasteiger partial charge is 0.319 e. The minimum Gasteiger partial charge on any atom is -0.468 e. The molecule has 0 spiro atoms. The summed E-state index contributed by atoms with van der Waals surface area (Å²) >= 11 is 0. The predicted molar refractivity (Wildman–Crippen MR) is 65.0 cm³/mol. The van der Waals surface area contributed by atoms with Gasteiger partial charge in [0.2, 0.25) is 0 Å². The molecule has 5 nitrogen and oxygen atoms in total. The van der Waals surface area contributed by atoms with Gasteiger partial charge >= 0.3 is 5.97 Å². The van der Waals surface area contributed by atoms with Crippen LogP contribution >= 0.6 is 0 Å². The molecule has 0 aliphatic carbocycles. The Morgan fingerprint density at radius 1 is 0.889 bits per heavy atom. The number of hydrogen-bond donors (Lipinski definition) is 0. The second-order valence-corrected chi connectivity index (χ2v) is 4.53. The van der Waals surface area contributed by atoms with E-state index in [-0.39, 0.29) is 43.0 Å². The maximum Gasteiger partial charge on any atom is 0.319 e. The monoisotopic (exact) mass is 256 g/mol. The molecule has 0 saturated carbocycles. The number of carbonyl (C=O) groups is 4. The number of methoxy groups -OCH3 is 1. The molecule has 0 unspecified atom stereocenters. The van der Waals surface area contributed by atoms with E-state index in [0.717, 1.165) is 0 Å². The Bertz CT molecular complexity index is 338. The van der Waals surface area contributed by atoms with E-state index in [1.165, 1.54) is 27.9 Å². The van der Waals surface area contributed by atoms with Crippen molar-refractivity contribution >= 4 is 23.3 Å². The van der Waals surface area contributed by atoms with E-state index in [1.807, 2.05) is 0 Å². The summed E-state index contributed by atoms with van der Waals surface area (Å²) in [6.45, 7) is 4.08. The van der Waals surface area contributed by atoms with Crippen LogP contribution in [0.3, 0.4) is 0 Å². The molecular weight excluding hydrogens is 236 g/mol. The summed E-state index contributed by atoms with van der Waals surface area (Å²) in [5.74, 6) is -1.24. The van der Waals surface area contributed by atoms with Crippen LogP contribution in [0.25, 0.3) is 0 Å². The highest BCUT2D eigenvalue weighted by atomic mass is 16.5. The first-order chi connectivity index (χ1) is 8.26. The molecule has 0 radical (unpaired) electrons. The quantitative estimate of drug-likeness (QED) is 0.485. The molecule has 0 aromatic rings. The van der Waals surface area contributed by atoms with E-state index in [0.29, 0.717) is 0 Å². The number of Topliss-reactive ketones (excluding diaryl/α,β-unsaturated/α-hetero) is 3. The minimum absolute atomic E-state index is 0.0949. The van der Waals surface area contributed by atoms with Gasteiger partial charge in [0.05, 0.1) is 7.11 Å². The van der Waals surface area contributed by atoms with Gasteiger partial charge in [0.25, 0.3) is 0 Å². The van der Waals surface area contributed by atoms with Crippen molar-refractivity contribution in [2.75, 3.05) is 7.11 Å². The highest BCUT2D eigenvalue weighted by Gasteiger charge is 2.44. The van der Waals surface area contributed by atoms with Gasteiger partial charge in [-0.25, -0.2) is 0 Å². The van der Waals surface area contributed by atoms with Crippen molar-refractivity contribution in [1.29, 1.82) is 0 Å². The Balaban J connectivity index is 5.14. The maximum atomic E-state index is 11.8. The van der Waals surface area contributed by atoms with E-state index in [2.05, 4.69) is 4.74 Å². The van der Waals surface area contributed by atoms with Crippen molar-refractivity contribution < 1.29 is 23.9 Å². The Morgan fingerprint density at radius 2 is 1.28 bits per heavy atom. The summed E-state index contributed by atoms with van der Waals surface area (Å²) < 4.78 is 4.66. The summed E-state index contributed by atoms with van der Waals surface area (Å²) in [4.78, 5) is 45.7. The second-order valence-electron chi connectivity index (χ2n) is 4.53. The second kappa shape index (κ2) is 7.03. The number of hydrogen-bond acceptors (Lipinski definition) is 5. The zero-order chi connectivity index (χ0) is 14.3. The maximum absolute atomic E-state index is 11.8. The van der Waals surface area contributed by atoms with Crippen LogP contribution < -0.4 is 0 Å². The third-order valence-electron chi connectivity index (χ3n) is 3.06. The molecule has 0 aliphatic heterocycles. The molecule has 0 bridgehead atoms. The first-order valence-electron chi connectivity index (χ1n) is 5.84. The molecule has 5 heteroatoms. The minimum atomic E-state index is -1.37. The van der Waals surface area contributed by atoms with Crippen LogP contribution in [0.4, 0.5) is 0 Å². The highest BCUT2D eigenvalue weighted by Crippen LogP contribution is 2.33. The number of ether oxygens (including phenoxy) is 1. The van der Waals surface area contributed by atoms with Gasteiger partial charge in [-0.15, -0.1) is 0 Å². The van der Waals surface area contributed by atoms with Crippen molar-refractivity contribution in [1.82, 2.24) is 0 Å². The average molecular weight is 256 g/mol. The number of esters is 1.